The first-order chi connectivity index (χ1) is 7.75. The molecule has 0 aliphatic carbocycles. The maximum atomic E-state index is 11.1. The molecule has 0 bridgehead atoms. The number of H-pyrrole nitrogens is 1. The third-order valence-corrected chi connectivity index (χ3v) is 2.56. The minimum Gasteiger partial charge on any atom is -0.366 e. The summed E-state index contributed by atoms with van der Waals surface area (Å²) >= 11 is 0. The molecule has 5 heteroatoms. The Balaban J connectivity index is 2.46. The highest BCUT2D eigenvalue weighted by Gasteiger charge is 2.06. The van der Waals surface area contributed by atoms with E-state index in [1.54, 1.807) is 30.6 Å². The summed E-state index contributed by atoms with van der Waals surface area (Å²) in [6, 6.07) is 5.17. The highest BCUT2D eigenvalue weighted by atomic mass is 16.1. The van der Waals surface area contributed by atoms with Crippen molar-refractivity contribution in [3.63, 3.8) is 0 Å². The number of rotatable bonds is 1. The first kappa shape index (κ1) is 8.84. The van der Waals surface area contributed by atoms with E-state index in [2.05, 4.69) is 15.2 Å². The van der Waals surface area contributed by atoms with Gasteiger partial charge in [-0.2, -0.15) is 5.10 Å². The predicted molar refractivity (Wildman–Crippen MR) is 59.9 cm³/mol. The molecule has 0 atom stereocenters. The number of pyridine rings is 1. The zero-order valence-electron chi connectivity index (χ0n) is 8.27. The second kappa shape index (κ2) is 3.03. The molecule has 16 heavy (non-hydrogen) atoms. The van der Waals surface area contributed by atoms with E-state index in [9.17, 15) is 4.79 Å². The molecule has 5 nitrogen and oxygen atoms in total. The van der Waals surface area contributed by atoms with Gasteiger partial charge in [0.1, 0.15) is 0 Å². The number of primary amides is 1. The molecule has 0 spiro atoms. The van der Waals surface area contributed by atoms with Crippen LogP contribution < -0.4 is 5.73 Å². The standard InChI is InChI=1S/C11H8N4O/c12-11(16)6-1-2-9-8(3-6)10-7(4-13-9)5-14-15-10/h1-5H,(H2,12,16)(H,14,15). The van der Waals surface area contributed by atoms with Crippen LogP contribution in [0.4, 0.5) is 0 Å². The van der Waals surface area contributed by atoms with Gasteiger partial charge in [-0.25, -0.2) is 0 Å². The summed E-state index contributed by atoms with van der Waals surface area (Å²) in [5.74, 6) is -0.446. The van der Waals surface area contributed by atoms with Crippen molar-refractivity contribution in [2.24, 2.45) is 5.73 Å². The Morgan fingerprint density at radius 1 is 1.31 bits per heavy atom. The van der Waals surface area contributed by atoms with Gasteiger partial charge in [0.15, 0.2) is 0 Å². The lowest BCUT2D eigenvalue weighted by molar-refractivity contribution is 0.100. The van der Waals surface area contributed by atoms with Gasteiger partial charge in [0.05, 0.1) is 17.2 Å². The van der Waals surface area contributed by atoms with Crippen molar-refractivity contribution in [1.29, 1.82) is 0 Å². The molecule has 0 aliphatic rings. The van der Waals surface area contributed by atoms with Crippen LogP contribution in [0.3, 0.4) is 0 Å². The molecule has 2 aromatic heterocycles. The van der Waals surface area contributed by atoms with Crippen molar-refractivity contribution in [2.75, 3.05) is 0 Å². The van der Waals surface area contributed by atoms with Crippen molar-refractivity contribution < 1.29 is 4.79 Å². The van der Waals surface area contributed by atoms with Crippen LogP contribution >= 0.6 is 0 Å². The number of nitrogens with one attached hydrogen (secondary N) is 1. The van der Waals surface area contributed by atoms with Crippen LogP contribution in [0.2, 0.25) is 0 Å². The van der Waals surface area contributed by atoms with E-state index in [-0.39, 0.29) is 0 Å². The fourth-order valence-electron chi connectivity index (χ4n) is 1.75. The number of nitrogens with two attached hydrogens (primary N) is 1. The summed E-state index contributed by atoms with van der Waals surface area (Å²) in [5.41, 5.74) is 7.38. The Bertz CT molecular complexity index is 701. The summed E-state index contributed by atoms with van der Waals surface area (Å²) in [6.45, 7) is 0. The predicted octanol–water partition coefficient (Wildman–Crippen LogP) is 1.21. The van der Waals surface area contributed by atoms with E-state index < -0.39 is 5.91 Å². The number of carbonyl (C=O) groups excluding carboxylic acids is 1. The number of hydrogen-bond acceptors (Lipinski definition) is 3. The molecule has 2 heterocycles. The van der Waals surface area contributed by atoms with Gasteiger partial charge < -0.3 is 5.73 Å². The highest BCUT2D eigenvalue weighted by molar-refractivity contribution is 6.06. The zero-order valence-corrected chi connectivity index (χ0v) is 8.27. The topological polar surface area (TPSA) is 84.7 Å². The minimum atomic E-state index is -0.446. The van der Waals surface area contributed by atoms with Crippen LogP contribution in [0.15, 0.2) is 30.6 Å². The molecule has 0 unspecified atom stereocenters. The molecule has 0 saturated heterocycles. The maximum absolute atomic E-state index is 11.1. The average molecular weight is 212 g/mol. The minimum absolute atomic E-state index is 0.446. The van der Waals surface area contributed by atoms with Gasteiger partial charge in [0, 0.05) is 22.5 Å². The number of amides is 1. The van der Waals surface area contributed by atoms with E-state index in [0.29, 0.717) is 5.56 Å². The number of fused-ring (bicyclic) bond motifs is 3. The number of hydrogen-bond donors (Lipinski definition) is 2. The Labute approximate surface area is 90.3 Å². The SMILES string of the molecule is NC(=O)c1ccc2ncc3cn[nH]c3c2c1. The Morgan fingerprint density at radius 2 is 2.19 bits per heavy atom. The first-order valence-electron chi connectivity index (χ1n) is 4.77. The molecule has 3 rings (SSSR count). The zero-order chi connectivity index (χ0) is 11.1. The summed E-state index contributed by atoms with van der Waals surface area (Å²) < 4.78 is 0. The van der Waals surface area contributed by atoms with E-state index in [4.69, 9.17) is 5.73 Å². The van der Waals surface area contributed by atoms with Crippen LogP contribution in [-0.4, -0.2) is 21.1 Å². The summed E-state index contributed by atoms with van der Waals surface area (Å²) in [4.78, 5) is 15.4. The van der Waals surface area contributed by atoms with Gasteiger partial charge in [-0.3, -0.25) is 14.9 Å². The Kier molecular flexibility index (Phi) is 1.67. The van der Waals surface area contributed by atoms with Gasteiger partial charge in [0.2, 0.25) is 5.91 Å². The van der Waals surface area contributed by atoms with Crippen molar-refractivity contribution in [2.45, 2.75) is 0 Å². The van der Waals surface area contributed by atoms with E-state index in [1.165, 1.54) is 0 Å². The largest absolute Gasteiger partial charge is 0.366 e. The van der Waals surface area contributed by atoms with Crippen molar-refractivity contribution >= 4 is 27.7 Å². The van der Waals surface area contributed by atoms with Crippen molar-refractivity contribution in [3.8, 4) is 0 Å². The molecule has 0 radical (unpaired) electrons. The fraction of sp³-hybridized carbons (Fsp3) is 0. The van der Waals surface area contributed by atoms with Crippen LogP contribution in [0.1, 0.15) is 10.4 Å². The lowest BCUT2D eigenvalue weighted by Crippen LogP contribution is -2.10. The molecule has 1 aromatic carbocycles. The normalized spacial score (nSPS) is 11.0. The molecular weight excluding hydrogens is 204 g/mol. The quantitative estimate of drug-likeness (QED) is 0.635. The van der Waals surface area contributed by atoms with Gasteiger partial charge in [-0.1, -0.05) is 0 Å². The third kappa shape index (κ3) is 1.15. The molecule has 0 fully saturated rings. The fourth-order valence-corrected chi connectivity index (χ4v) is 1.75. The van der Waals surface area contributed by atoms with E-state index >= 15 is 0 Å². The summed E-state index contributed by atoms with van der Waals surface area (Å²) in [5, 5.41) is 8.60. The number of carbonyl (C=O) groups is 1. The van der Waals surface area contributed by atoms with Crippen molar-refractivity contribution in [1.82, 2.24) is 15.2 Å². The number of nitrogens with zero attached hydrogens (tertiary/aromatic N) is 2. The molecule has 3 aromatic rings. The number of benzene rings is 1. The average Bonchev–Trinajstić information content (AvgIpc) is 2.76. The van der Waals surface area contributed by atoms with Crippen LogP contribution in [0, 0.1) is 0 Å². The molecule has 0 saturated carbocycles. The second-order valence-corrected chi connectivity index (χ2v) is 3.55. The first-order valence-corrected chi connectivity index (χ1v) is 4.77. The smallest absolute Gasteiger partial charge is 0.248 e. The lowest BCUT2D eigenvalue weighted by Gasteiger charge is -2.00. The van der Waals surface area contributed by atoms with Crippen LogP contribution in [0.5, 0.6) is 0 Å². The molecular formula is C11H8N4O. The molecule has 78 valence electrons. The van der Waals surface area contributed by atoms with Gasteiger partial charge in [-0.05, 0) is 18.2 Å². The van der Waals surface area contributed by atoms with Gasteiger partial charge in [0.25, 0.3) is 0 Å². The Hall–Kier alpha value is -2.43. The molecule has 0 aliphatic heterocycles. The number of aromatic amines is 1. The van der Waals surface area contributed by atoms with Gasteiger partial charge >= 0.3 is 0 Å². The second-order valence-electron chi connectivity index (χ2n) is 3.55. The highest BCUT2D eigenvalue weighted by Crippen LogP contribution is 2.22. The maximum Gasteiger partial charge on any atom is 0.248 e. The monoisotopic (exact) mass is 212 g/mol. The Morgan fingerprint density at radius 3 is 3.00 bits per heavy atom. The van der Waals surface area contributed by atoms with E-state index in [0.717, 1.165) is 21.8 Å². The van der Waals surface area contributed by atoms with E-state index in [1.807, 2.05) is 0 Å². The van der Waals surface area contributed by atoms with Crippen LogP contribution in [-0.2, 0) is 0 Å². The molecule has 1 amide bonds. The number of aromatic nitrogens is 3. The lowest BCUT2D eigenvalue weighted by atomic mass is 10.1. The third-order valence-electron chi connectivity index (χ3n) is 2.56. The van der Waals surface area contributed by atoms with Gasteiger partial charge in [-0.15, -0.1) is 0 Å². The van der Waals surface area contributed by atoms with Crippen molar-refractivity contribution in [3.05, 3.63) is 36.2 Å². The summed E-state index contributed by atoms with van der Waals surface area (Å²) in [7, 11) is 0. The summed E-state index contributed by atoms with van der Waals surface area (Å²) in [6.07, 6.45) is 3.43. The molecule has 3 N–H and O–H groups in total. The van der Waals surface area contributed by atoms with Crippen LogP contribution in [0.25, 0.3) is 21.8 Å².